The number of hydrogen-bond acceptors (Lipinski definition) is 1. The van der Waals surface area contributed by atoms with E-state index in [0.717, 1.165) is 5.69 Å². The van der Waals surface area contributed by atoms with Crippen molar-refractivity contribution >= 4 is 5.69 Å². The summed E-state index contributed by atoms with van der Waals surface area (Å²) in [7, 11) is 0. The van der Waals surface area contributed by atoms with Crippen molar-refractivity contribution in [1.82, 2.24) is 0 Å². The highest BCUT2D eigenvalue weighted by Crippen LogP contribution is 2.16. The molecule has 1 aromatic rings. The Hall–Kier alpha value is -1.24. The third-order valence-corrected chi connectivity index (χ3v) is 2.29. The summed E-state index contributed by atoms with van der Waals surface area (Å²) >= 11 is 0. The molecular formula is C15H25N. The Labute approximate surface area is 101 Å². The molecule has 1 nitrogen and oxygen atoms in total. The molecule has 0 fully saturated rings. The highest BCUT2D eigenvalue weighted by Gasteiger charge is 2.12. The van der Waals surface area contributed by atoms with Crippen molar-refractivity contribution in [3.63, 3.8) is 0 Å². The van der Waals surface area contributed by atoms with Crippen molar-refractivity contribution in [1.29, 1.82) is 0 Å². The normalized spacial score (nSPS) is 11.4. The molecule has 0 aliphatic rings. The lowest BCUT2D eigenvalue weighted by Gasteiger charge is -2.23. The molecule has 0 heterocycles. The Kier molecular flexibility index (Phi) is 7.36. The molecule has 0 amide bonds. The molecule has 1 rings (SSSR count). The fourth-order valence-electron chi connectivity index (χ4n) is 1.57. The summed E-state index contributed by atoms with van der Waals surface area (Å²) in [6, 6.07) is 10.6. The Bertz CT molecular complexity index is 288. The molecule has 0 spiro atoms. The summed E-state index contributed by atoms with van der Waals surface area (Å²) in [5.74, 6) is 0.563. The predicted octanol–water partition coefficient (Wildman–Crippen LogP) is 4.73. The van der Waals surface area contributed by atoms with Gasteiger partial charge in [-0.05, 0) is 25.0 Å². The standard InChI is InChI=1S/C13H19N.C2H6/c1-10(2)13(11(3)4)14-12-8-6-5-7-9-12;1-2/h5-9,11,13-14H,1H2,2-4H3;1-2H3. The largest absolute Gasteiger partial charge is 0.378 e. The summed E-state index contributed by atoms with van der Waals surface area (Å²) in [6.45, 7) is 14.5. The number of para-hydroxylation sites is 1. The van der Waals surface area contributed by atoms with E-state index >= 15 is 0 Å². The van der Waals surface area contributed by atoms with E-state index in [1.54, 1.807) is 0 Å². The first-order valence-corrected chi connectivity index (χ1v) is 6.08. The zero-order valence-electron chi connectivity index (χ0n) is 11.2. The molecule has 0 aliphatic carbocycles. The minimum atomic E-state index is 0.359. The second kappa shape index (κ2) is 7.98. The maximum Gasteiger partial charge on any atom is 0.0491 e. The van der Waals surface area contributed by atoms with E-state index in [4.69, 9.17) is 0 Å². The van der Waals surface area contributed by atoms with Gasteiger partial charge < -0.3 is 5.32 Å². The van der Waals surface area contributed by atoms with Gasteiger partial charge in [0.2, 0.25) is 0 Å². The molecule has 1 aromatic carbocycles. The highest BCUT2D eigenvalue weighted by atomic mass is 14.9. The van der Waals surface area contributed by atoms with Crippen LogP contribution in [0.15, 0.2) is 42.5 Å². The van der Waals surface area contributed by atoms with Crippen molar-refractivity contribution in [3.8, 4) is 0 Å². The van der Waals surface area contributed by atoms with E-state index in [1.807, 2.05) is 32.0 Å². The summed E-state index contributed by atoms with van der Waals surface area (Å²) in [4.78, 5) is 0. The average Bonchev–Trinajstić information content (AvgIpc) is 2.29. The van der Waals surface area contributed by atoms with Crippen molar-refractivity contribution in [2.45, 2.75) is 40.7 Å². The van der Waals surface area contributed by atoms with Gasteiger partial charge in [-0.15, -0.1) is 0 Å². The smallest absolute Gasteiger partial charge is 0.0491 e. The molecule has 0 bridgehead atoms. The number of rotatable bonds is 4. The lowest BCUT2D eigenvalue weighted by atomic mass is 9.98. The van der Waals surface area contributed by atoms with Gasteiger partial charge in [0.15, 0.2) is 0 Å². The third-order valence-electron chi connectivity index (χ3n) is 2.29. The number of benzene rings is 1. The summed E-state index contributed by atoms with van der Waals surface area (Å²) < 4.78 is 0. The highest BCUT2D eigenvalue weighted by molar-refractivity contribution is 5.45. The molecule has 1 unspecified atom stereocenters. The van der Waals surface area contributed by atoms with Crippen LogP contribution in [0.5, 0.6) is 0 Å². The predicted molar refractivity (Wildman–Crippen MR) is 74.9 cm³/mol. The van der Waals surface area contributed by atoms with Crippen molar-refractivity contribution < 1.29 is 0 Å². The van der Waals surface area contributed by atoms with Gasteiger partial charge in [0.1, 0.15) is 0 Å². The van der Waals surface area contributed by atoms with E-state index in [0.29, 0.717) is 12.0 Å². The Morgan fingerprint density at radius 2 is 1.62 bits per heavy atom. The van der Waals surface area contributed by atoms with Gasteiger partial charge in [0, 0.05) is 11.7 Å². The Morgan fingerprint density at radius 1 is 1.12 bits per heavy atom. The maximum atomic E-state index is 4.01. The maximum absolute atomic E-state index is 4.01. The zero-order chi connectivity index (χ0) is 12.6. The second-order valence-electron chi connectivity index (χ2n) is 4.08. The molecular weight excluding hydrogens is 194 g/mol. The van der Waals surface area contributed by atoms with Crippen LogP contribution in [0.4, 0.5) is 5.69 Å². The molecule has 0 saturated heterocycles. The topological polar surface area (TPSA) is 12.0 Å². The van der Waals surface area contributed by atoms with Crippen LogP contribution >= 0.6 is 0 Å². The molecule has 0 aliphatic heterocycles. The molecule has 0 aromatic heterocycles. The molecule has 0 saturated carbocycles. The van der Waals surface area contributed by atoms with Gasteiger partial charge >= 0.3 is 0 Å². The molecule has 16 heavy (non-hydrogen) atoms. The van der Waals surface area contributed by atoms with Crippen LogP contribution in [0.25, 0.3) is 0 Å². The van der Waals surface area contributed by atoms with Gasteiger partial charge in [-0.3, -0.25) is 0 Å². The summed E-state index contributed by atoms with van der Waals surface area (Å²) in [5.41, 5.74) is 2.35. The molecule has 90 valence electrons. The molecule has 0 radical (unpaired) electrons. The number of nitrogens with one attached hydrogen (secondary N) is 1. The quantitative estimate of drug-likeness (QED) is 0.722. The van der Waals surface area contributed by atoms with E-state index in [1.165, 1.54) is 5.57 Å². The van der Waals surface area contributed by atoms with Crippen LogP contribution in [-0.4, -0.2) is 6.04 Å². The number of anilines is 1. The molecule has 1 N–H and O–H groups in total. The SMILES string of the molecule is C=C(C)C(Nc1ccccc1)C(C)C.CC. The lowest BCUT2D eigenvalue weighted by Crippen LogP contribution is -2.26. The number of hydrogen-bond donors (Lipinski definition) is 1. The minimum absolute atomic E-state index is 0.359. The van der Waals surface area contributed by atoms with Crippen LogP contribution in [0, 0.1) is 5.92 Å². The van der Waals surface area contributed by atoms with Crippen LogP contribution in [0.1, 0.15) is 34.6 Å². The van der Waals surface area contributed by atoms with Crippen LogP contribution in [-0.2, 0) is 0 Å². The van der Waals surface area contributed by atoms with Crippen LogP contribution in [0.3, 0.4) is 0 Å². The van der Waals surface area contributed by atoms with Gasteiger partial charge in [0.25, 0.3) is 0 Å². The first kappa shape index (κ1) is 14.8. The average molecular weight is 219 g/mol. The first-order valence-electron chi connectivity index (χ1n) is 6.08. The lowest BCUT2D eigenvalue weighted by molar-refractivity contribution is 0.580. The first-order chi connectivity index (χ1) is 7.61. The van der Waals surface area contributed by atoms with Crippen molar-refractivity contribution in [2.75, 3.05) is 5.32 Å². The van der Waals surface area contributed by atoms with E-state index in [-0.39, 0.29) is 0 Å². The van der Waals surface area contributed by atoms with E-state index in [9.17, 15) is 0 Å². The van der Waals surface area contributed by atoms with Crippen molar-refractivity contribution in [3.05, 3.63) is 42.5 Å². The van der Waals surface area contributed by atoms with Gasteiger partial charge in [-0.25, -0.2) is 0 Å². The third kappa shape index (κ3) is 5.01. The van der Waals surface area contributed by atoms with Crippen molar-refractivity contribution in [2.24, 2.45) is 5.92 Å². The summed E-state index contributed by atoms with van der Waals surface area (Å²) in [6.07, 6.45) is 0. The van der Waals surface area contributed by atoms with E-state index < -0.39 is 0 Å². The fourth-order valence-corrected chi connectivity index (χ4v) is 1.57. The van der Waals surface area contributed by atoms with Gasteiger partial charge in [-0.2, -0.15) is 0 Å². The van der Waals surface area contributed by atoms with Gasteiger partial charge in [0.05, 0.1) is 0 Å². The molecule has 1 atom stereocenters. The second-order valence-corrected chi connectivity index (χ2v) is 4.08. The van der Waals surface area contributed by atoms with E-state index in [2.05, 4.69) is 44.8 Å². The summed E-state index contributed by atoms with van der Waals surface area (Å²) in [5, 5.41) is 3.48. The monoisotopic (exact) mass is 219 g/mol. The minimum Gasteiger partial charge on any atom is -0.378 e. The Morgan fingerprint density at radius 3 is 2.00 bits per heavy atom. The fraction of sp³-hybridized carbons (Fsp3) is 0.467. The van der Waals surface area contributed by atoms with Gasteiger partial charge in [-0.1, -0.05) is 58.0 Å². The van der Waals surface area contributed by atoms with Crippen LogP contribution in [0.2, 0.25) is 0 Å². The van der Waals surface area contributed by atoms with Crippen LogP contribution < -0.4 is 5.32 Å². The molecule has 1 heteroatoms. The zero-order valence-corrected chi connectivity index (χ0v) is 11.2. The Balaban J connectivity index is 0.00000106.